The number of aliphatic hydroxyl groups is 1. The molecule has 0 unspecified atom stereocenters. The van der Waals surface area contributed by atoms with E-state index >= 15 is 0 Å². The Hall–Kier alpha value is -3.57. The molecule has 0 atom stereocenters. The molecule has 150 valence electrons. The molecule has 0 spiro atoms. The molecule has 4 rings (SSSR count). The molecule has 0 saturated heterocycles. The van der Waals surface area contributed by atoms with Crippen molar-refractivity contribution in [2.24, 2.45) is 14.1 Å². The minimum Gasteiger partial charge on any atom is -0.510 e. The largest absolute Gasteiger partial charge is 0.510 e. The Balaban J connectivity index is 1.61. The second kappa shape index (κ2) is 8.05. The zero-order valence-corrected chi connectivity index (χ0v) is 17.7. The van der Waals surface area contributed by atoms with Crippen LogP contribution in [0.2, 0.25) is 0 Å². The molecule has 0 saturated carbocycles. The first-order valence-corrected chi connectivity index (χ1v) is 10.3. The van der Waals surface area contributed by atoms with Gasteiger partial charge in [-0.1, -0.05) is 48.2 Å². The van der Waals surface area contributed by atoms with E-state index in [1.807, 2.05) is 78.7 Å². The quantitative estimate of drug-likeness (QED) is 0.297. The van der Waals surface area contributed by atoms with Crippen LogP contribution in [-0.4, -0.2) is 35.2 Å². The highest BCUT2D eigenvalue weighted by molar-refractivity contribution is 7.99. The number of thioether (sulfide) groups is 1. The maximum atomic E-state index is 10.7. The Morgan fingerprint density at radius 2 is 1.80 bits per heavy atom. The van der Waals surface area contributed by atoms with Crippen molar-refractivity contribution in [3.05, 3.63) is 65.7 Å². The summed E-state index contributed by atoms with van der Waals surface area (Å²) in [6.07, 6.45) is 0. The molecule has 2 aromatic carbocycles. The number of hydrogen-bond acceptors (Lipinski definition) is 6. The van der Waals surface area contributed by atoms with Crippen LogP contribution < -0.4 is 0 Å². The highest BCUT2D eigenvalue weighted by atomic mass is 32.2. The number of rotatable bonds is 5. The Bertz CT molecular complexity index is 1310. The van der Waals surface area contributed by atoms with Crippen LogP contribution in [0.15, 0.2) is 59.4 Å². The van der Waals surface area contributed by atoms with Gasteiger partial charge in [-0.3, -0.25) is 0 Å². The third kappa shape index (κ3) is 3.44. The van der Waals surface area contributed by atoms with Crippen molar-refractivity contribution in [2.75, 3.05) is 5.75 Å². The highest BCUT2D eigenvalue weighted by Crippen LogP contribution is 2.28. The normalized spacial score (nSPS) is 12.1. The first-order valence-electron chi connectivity index (χ1n) is 9.33. The molecule has 2 aromatic heterocycles. The molecule has 0 aliphatic carbocycles. The van der Waals surface area contributed by atoms with Crippen molar-refractivity contribution < 1.29 is 5.11 Å². The van der Waals surface area contributed by atoms with Crippen molar-refractivity contribution in [3.63, 3.8) is 0 Å². The molecule has 0 aliphatic rings. The van der Waals surface area contributed by atoms with Crippen LogP contribution in [-0.2, 0) is 14.1 Å². The standard InChI is InChI=1S/C22H20N6OS/c1-14-8-4-5-9-15(14)21-25-26-22(28(21)3)30-13-19(29)16(12-23)20-24-17-10-6-7-11-18(17)27(20)2/h4-11,29H,13H2,1-3H3/b19-16-. The van der Waals surface area contributed by atoms with Gasteiger partial charge in [0.15, 0.2) is 16.8 Å². The minimum absolute atomic E-state index is 0.0404. The number of aromatic nitrogens is 5. The van der Waals surface area contributed by atoms with Crippen LogP contribution >= 0.6 is 11.8 Å². The summed E-state index contributed by atoms with van der Waals surface area (Å²) in [7, 11) is 3.72. The Labute approximate surface area is 178 Å². The number of fused-ring (bicyclic) bond motifs is 1. The van der Waals surface area contributed by atoms with E-state index in [0.717, 1.165) is 28.0 Å². The van der Waals surface area contributed by atoms with Crippen LogP contribution in [0, 0.1) is 18.3 Å². The summed E-state index contributed by atoms with van der Waals surface area (Å²) in [6, 6.07) is 17.7. The molecular formula is C22H20N6OS. The smallest absolute Gasteiger partial charge is 0.191 e. The number of hydrogen-bond donors (Lipinski definition) is 1. The van der Waals surface area contributed by atoms with Crippen LogP contribution in [0.1, 0.15) is 11.4 Å². The average molecular weight is 417 g/mol. The summed E-state index contributed by atoms with van der Waals surface area (Å²) in [4.78, 5) is 4.51. The maximum absolute atomic E-state index is 10.7. The molecule has 0 amide bonds. The fourth-order valence-electron chi connectivity index (χ4n) is 3.32. The summed E-state index contributed by atoms with van der Waals surface area (Å²) in [5.41, 5.74) is 3.95. The fourth-order valence-corrected chi connectivity index (χ4v) is 4.11. The second-order valence-electron chi connectivity index (χ2n) is 6.89. The number of aryl methyl sites for hydroxylation is 2. The van der Waals surface area contributed by atoms with E-state index in [-0.39, 0.29) is 17.1 Å². The predicted molar refractivity (Wildman–Crippen MR) is 118 cm³/mol. The van der Waals surface area contributed by atoms with E-state index in [4.69, 9.17) is 0 Å². The third-order valence-electron chi connectivity index (χ3n) is 4.97. The number of nitriles is 1. The van der Waals surface area contributed by atoms with Crippen LogP contribution in [0.3, 0.4) is 0 Å². The first kappa shape index (κ1) is 19.7. The Morgan fingerprint density at radius 3 is 2.53 bits per heavy atom. The number of allylic oxidation sites excluding steroid dienone is 1. The highest BCUT2D eigenvalue weighted by Gasteiger charge is 2.18. The third-order valence-corrected chi connectivity index (χ3v) is 6.00. The van der Waals surface area contributed by atoms with Gasteiger partial charge in [0, 0.05) is 19.7 Å². The SMILES string of the molecule is Cc1ccccc1-c1nnc(SC/C(O)=C(\C#N)c2nc3ccccc3n2C)n1C. The zero-order valence-electron chi connectivity index (χ0n) is 16.9. The van der Waals surface area contributed by atoms with E-state index in [0.29, 0.717) is 11.0 Å². The summed E-state index contributed by atoms with van der Waals surface area (Å²) < 4.78 is 3.70. The fraction of sp³-hybridized carbons (Fsp3) is 0.182. The van der Waals surface area contributed by atoms with Gasteiger partial charge in [0.05, 0.1) is 16.8 Å². The van der Waals surface area contributed by atoms with Crippen LogP contribution in [0.25, 0.3) is 28.0 Å². The van der Waals surface area contributed by atoms with Gasteiger partial charge in [0.2, 0.25) is 0 Å². The summed E-state index contributed by atoms with van der Waals surface area (Å²) in [5, 5.41) is 29.5. The van der Waals surface area contributed by atoms with E-state index in [2.05, 4.69) is 21.3 Å². The van der Waals surface area contributed by atoms with Crippen LogP contribution in [0.4, 0.5) is 0 Å². The number of imidazole rings is 1. The number of nitrogens with zero attached hydrogens (tertiary/aromatic N) is 6. The monoisotopic (exact) mass is 416 g/mol. The number of aliphatic hydroxyl groups excluding tert-OH is 1. The topological polar surface area (TPSA) is 92.6 Å². The van der Waals surface area contributed by atoms with Crippen molar-refractivity contribution in [1.29, 1.82) is 5.26 Å². The molecule has 2 heterocycles. The van der Waals surface area contributed by atoms with Gasteiger partial charge in [-0.2, -0.15) is 5.26 Å². The van der Waals surface area contributed by atoms with Crippen molar-refractivity contribution >= 4 is 28.4 Å². The van der Waals surface area contributed by atoms with E-state index in [1.54, 1.807) is 0 Å². The lowest BCUT2D eigenvalue weighted by Gasteiger charge is -2.07. The molecule has 30 heavy (non-hydrogen) atoms. The van der Waals surface area contributed by atoms with Gasteiger partial charge in [-0.15, -0.1) is 10.2 Å². The predicted octanol–water partition coefficient (Wildman–Crippen LogP) is 4.26. The molecule has 0 radical (unpaired) electrons. The molecule has 0 aliphatic heterocycles. The zero-order chi connectivity index (χ0) is 21.3. The Kier molecular flexibility index (Phi) is 5.29. The van der Waals surface area contributed by atoms with Crippen LogP contribution in [0.5, 0.6) is 0 Å². The average Bonchev–Trinajstić information content (AvgIpc) is 3.28. The Morgan fingerprint density at radius 1 is 1.07 bits per heavy atom. The van der Waals surface area contributed by atoms with Gasteiger partial charge in [-0.25, -0.2) is 4.98 Å². The summed E-state index contributed by atoms with van der Waals surface area (Å²) in [6.45, 7) is 2.03. The minimum atomic E-state index is -0.0404. The molecule has 1 N–H and O–H groups in total. The van der Waals surface area contributed by atoms with Gasteiger partial charge < -0.3 is 14.2 Å². The molecular weight excluding hydrogens is 396 g/mol. The molecule has 0 bridgehead atoms. The lowest BCUT2D eigenvalue weighted by Crippen LogP contribution is -2.02. The lowest BCUT2D eigenvalue weighted by molar-refractivity contribution is 0.420. The van der Waals surface area contributed by atoms with Gasteiger partial charge in [0.25, 0.3) is 0 Å². The van der Waals surface area contributed by atoms with Crippen molar-refractivity contribution in [1.82, 2.24) is 24.3 Å². The maximum Gasteiger partial charge on any atom is 0.191 e. The van der Waals surface area contributed by atoms with Gasteiger partial charge >= 0.3 is 0 Å². The number of benzene rings is 2. The summed E-state index contributed by atoms with van der Waals surface area (Å²) in [5.74, 6) is 1.35. The first-order chi connectivity index (χ1) is 14.5. The molecule has 4 aromatic rings. The van der Waals surface area contributed by atoms with Crippen molar-refractivity contribution in [2.45, 2.75) is 12.1 Å². The summed E-state index contributed by atoms with van der Waals surface area (Å²) >= 11 is 1.32. The van der Waals surface area contributed by atoms with Gasteiger partial charge in [0.1, 0.15) is 17.4 Å². The van der Waals surface area contributed by atoms with E-state index < -0.39 is 0 Å². The molecule has 7 nitrogen and oxygen atoms in total. The van der Waals surface area contributed by atoms with Gasteiger partial charge in [-0.05, 0) is 24.6 Å². The molecule has 8 heteroatoms. The van der Waals surface area contributed by atoms with E-state index in [1.165, 1.54) is 11.8 Å². The lowest BCUT2D eigenvalue weighted by atomic mass is 10.1. The second-order valence-corrected chi connectivity index (χ2v) is 7.83. The number of para-hydroxylation sites is 2. The van der Waals surface area contributed by atoms with Crippen molar-refractivity contribution in [3.8, 4) is 17.5 Å². The van der Waals surface area contributed by atoms with E-state index in [9.17, 15) is 10.4 Å². The molecule has 0 fully saturated rings.